The Hall–Kier alpha value is -4.19. The van der Waals surface area contributed by atoms with E-state index in [1.165, 1.54) is 96.3 Å². The highest BCUT2D eigenvalue weighted by molar-refractivity contribution is 5.99. The molecule has 0 saturated heterocycles. The molecule has 0 aliphatic heterocycles. The van der Waals surface area contributed by atoms with Gasteiger partial charge in [-0.3, -0.25) is 0 Å². The van der Waals surface area contributed by atoms with Gasteiger partial charge in [0.25, 0.3) is 0 Å². The molecule has 0 amide bonds. The van der Waals surface area contributed by atoms with Crippen LogP contribution in [0.1, 0.15) is 140 Å². The van der Waals surface area contributed by atoms with Gasteiger partial charge in [-0.15, -0.1) is 5.11 Å². The highest BCUT2D eigenvalue weighted by Crippen LogP contribution is 2.35. The number of rotatable bonds is 26. The first-order valence-corrected chi connectivity index (χ1v) is 19.8. The lowest BCUT2D eigenvalue weighted by atomic mass is 10.0. The van der Waals surface area contributed by atoms with Gasteiger partial charge in [-0.25, -0.2) is 4.79 Å². The molecule has 0 saturated carbocycles. The van der Waals surface area contributed by atoms with E-state index in [4.69, 9.17) is 14.2 Å². The van der Waals surface area contributed by atoms with Crippen molar-refractivity contribution in [1.29, 1.82) is 0 Å². The summed E-state index contributed by atoms with van der Waals surface area (Å²) >= 11 is 0. The third kappa shape index (κ3) is 14.9. The van der Waals surface area contributed by atoms with Gasteiger partial charge in [-0.1, -0.05) is 141 Å². The number of fused-ring (bicyclic) bond motifs is 1. The summed E-state index contributed by atoms with van der Waals surface area (Å²) < 4.78 is 17.5. The Bertz CT molecular complexity index is 1570. The maximum Gasteiger partial charge on any atom is 0.343 e. The molecule has 0 radical (unpaired) electrons. The molecule has 0 aliphatic rings. The van der Waals surface area contributed by atoms with E-state index in [-0.39, 0.29) is 0 Å². The van der Waals surface area contributed by atoms with Gasteiger partial charge >= 0.3 is 5.97 Å². The summed E-state index contributed by atoms with van der Waals surface area (Å²) in [6.07, 6.45) is 23.8. The molecule has 0 fully saturated rings. The zero-order valence-corrected chi connectivity index (χ0v) is 31.3. The van der Waals surface area contributed by atoms with Crippen LogP contribution in [0.15, 0.2) is 95.2 Å². The number of unbranched alkanes of at least 4 members (excludes halogenated alkanes) is 16. The average Bonchev–Trinajstić information content (AvgIpc) is 3.16. The van der Waals surface area contributed by atoms with Crippen LogP contribution in [0.3, 0.4) is 0 Å². The molecule has 0 unspecified atom stereocenters. The molecule has 0 atom stereocenters. The predicted molar refractivity (Wildman–Crippen MR) is 211 cm³/mol. The Kier molecular flexibility index (Phi) is 18.7. The zero-order valence-electron chi connectivity index (χ0n) is 31.3. The van der Waals surface area contributed by atoms with Gasteiger partial charge in [0.1, 0.15) is 17.2 Å². The Morgan fingerprint density at radius 2 is 0.980 bits per heavy atom. The molecule has 6 nitrogen and oxygen atoms in total. The third-order valence-corrected chi connectivity index (χ3v) is 9.30. The molecule has 0 spiro atoms. The Morgan fingerprint density at radius 1 is 0.490 bits per heavy atom. The number of azo groups is 1. The van der Waals surface area contributed by atoms with Crippen molar-refractivity contribution in [3.8, 4) is 17.2 Å². The van der Waals surface area contributed by atoms with Crippen LogP contribution in [0.4, 0.5) is 11.4 Å². The molecular weight excluding hydrogens is 633 g/mol. The Morgan fingerprint density at radius 3 is 1.55 bits per heavy atom. The van der Waals surface area contributed by atoms with E-state index in [9.17, 15) is 4.79 Å². The summed E-state index contributed by atoms with van der Waals surface area (Å²) in [4.78, 5) is 13.1. The summed E-state index contributed by atoms with van der Waals surface area (Å²) in [5, 5.41) is 10.6. The maximum atomic E-state index is 13.1. The molecule has 0 aliphatic carbocycles. The number of ether oxygens (including phenoxy) is 3. The molecule has 0 N–H and O–H groups in total. The standard InChI is InChI=1S/C45H60N2O4/c1-3-5-7-8-9-10-11-12-13-14-15-16-17-18-19-22-36-50-39-29-25-37(26-30-39)45(48)51-44-34-33-43(41-23-20-21-24-42(41)44)47-46-38-27-31-40(32-28-38)49-35-6-4-2/h20-21,23-34H,3-19,22,35-36H2,1-2H3. The first-order chi connectivity index (χ1) is 25.2. The van der Waals surface area contributed by atoms with Crippen molar-refractivity contribution < 1.29 is 19.0 Å². The van der Waals surface area contributed by atoms with E-state index in [1.54, 1.807) is 18.2 Å². The normalized spacial score (nSPS) is 11.3. The second kappa shape index (κ2) is 24.1. The third-order valence-electron chi connectivity index (χ3n) is 9.30. The lowest BCUT2D eigenvalue weighted by Crippen LogP contribution is -2.08. The molecule has 51 heavy (non-hydrogen) atoms. The van der Waals surface area contributed by atoms with Gasteiger partial charge in [0.15, 0.2) is 0 Å². The monoisotopic (exact) mass is 692 g/mol. The average molecular weight is 693 g/mol. The van der Waals surface area contributed by atoms with Gasteiger partial charge in [0.2, 0.25) is 0 Å². The quantitative estimate of drug-likeness (QED) is 0.0284. The van der Waals surface area contributed by atoms with Crippen molar-refractivity contribution in [2.45, 2.75) is 129 Å². The minimum atomic E-state index is -0.417. The summed E-state index contributed by atoms with van der Waals surface area (Å²) in [6, 6.07) is 26.1. The van der Waals surface area contributed by atoms with Crippen LogP contribution >= 0.6 is 0 Å². The number of hydrogen-bond acceptors (Lipinski definition) is 6. The van der Waals surface area contributed by atoms with Gasteiger partial charge in [-0.05, 0) is 73.5 Å². The van der Waals surface area contributed by atoms with Crippen LogP contribution in [0.2, 0.25) is 0 Å². The van der Waals surface area contributed by atoms with Crippen LogP contribution in [0, 0.1) is 0 Å². The lowest BCUT2D eigenvalue weighted by Gasteiger charge is -2.10. The van der Waals surface area contributed by atoms with Crippen molar-refractivity contribution in [3.63, 3.8) is 0 Å². The minimum absolute atomic E-state index is 0.417. The Labute approximate surface area is 307 Å². The number of carbonyl (C=O) groups is 1. The lowest BCUT2D eigenvalue weighted by molar-refractivity contribution is 0.0737. The second-order valence-electron chi connectivity index (χ2n) is 13.6. The van der Waals surface area contributed by atoms with Crippen LogP contribution in [0.5, 0.6) is 17.2 Å². The number of carbonyl (C=O) groups excluding carboxylic acids is 1. The number of benzene rings is 4. The number of hydrogen-bond donors (Lipinski definition) is 0. The van der Waals surface area contributed by atoms with Gasteiger partial charge < -0.3 is 14.2 Å². The Balaban J connectivity index is 1.13. The van der Waals surface area contributed by atoms with E-state index >= 15 is 0 Å². The van der Waals surface area contributed by atoms with Gasteiger partial charge in [-0.2, -0.15) is 5.11 Å². The topological polar surface area (TPSA) is 69.5 Å². The fourth-order valence-electron chi connectivity index (χ4n) is 6.17. The first-order valence-electron chi connectivity index (χ1n) is 19.8. The second-order valence-corrected chi connectivity index (χ2v) is 13.6. The van der Waals surface area contributed by atoms with E-state index in [2.05, 4.69) is 24.1 Å². The summed E-state index contributed by atoms with van der Waals surface area (Å²) in [5.74, 6) is 1.66. The van der Waals surface area contributed by atoms with E-state index in [0.29, 0.717) is 30.2 Å². The van der Waals surface area contributed by atoms with Crippen LogP contribution < -0.4 is 14.2 Å². The predicted octanol–water partition coefficient (Wildman–Crippen LogP) is 14.3. The molecule has 4 rings (SSSR count). The minimum Gasteiger partial charge on any atom is -0.494 e. The molecule has 0 aromatic heterocycles. The van der Waals surface area contributed by atoms with Gasteiger partial charge in [0, 0.05) is 10.8 Å². The summed E-state index contributed by atoms with van der Waals surface area (Å²) in [6.45, 7) is 5.82. The SMILES string of the molecule is CCCCCCCCCCCCCCCCCCOc1ccc(C(=O)Oc2ccc(N=Nc3ccc(OCCCC)cc3)c3ccccc23)cc1. The largest absolute Gasteiger partial charge is 0.494 e. The maximum absolute atomic E-state index is 13.1. The zero-order chi connectivity index (χ0) is 35.8. The van der Waals surface area contributed by atoms with Crippen LogP contribution in [0.25, 0.3) is 10.8 Å². The van der Waals surface area contributed by atoms with Crippen molar-refractivity contribution in [3.05, 3.63) is 90.5 Å². The number of esters is 1. The van der Waals surface area contributed by atoms with Crippen LogP contribution in [-0.4, -0.2) is 19.2 Å². The molecule has 4 aromatic rings. The highest BCUT2D eigenvalue weighted by Gasteiger charge is 2.13. The summed E-state index contributed by atoms with van der Waals surface area (Å²) in [5.41, 5.74) is 1.90. The van der Waals surface area contributed by atoms with Crippen molar-refractivity contribution in [2.75, 3.05) is 13.2 Å². The van der Waals surface area contributed by atoms with E-state index in [1.807, 2.05) is 66.7 Å². The smallest absolute Gasteiger partial charge is 0.343 e. The first kappa shape index (κ1) is 39.6. The van der Waals surface area contributed by atoms with Crippen molar-refractivity contribution in [1.82, 2.24) is 0 Å². The molecule has 6 heteroatoms. The molecule has 0 heterocycles. The fraction of sp³-hybridized carbons (Fsp3) is 0.489. The van der Waals surface area contributed by atoms with Crippen molar-refractivity contribution >= 4 is 28.1 Å². The highest BCUT2D eigenvalue weighted by atomic mass is 16.5. The molecule has 0 bridgehead atoms. The van der Waals surface area contributed by atoms with Gasteiger partial charge in [0.05, 0.1) is 30.2 Å². The van der Waals surface area contributed by atoms with Crippen molar-refractivity contribution in [2.24, 2.45) is 10.2 Å². The summed E-state index contributed by atoms with van der Waals surface area (Å²) in [7, 11) is 0. The fourth-order valence-corrected chi connectivity index (χ4v) is 6.17. The molecule has 274 valence electrons. The van der Waals surface area contributed by atoms with Crippen LogP contribution in [-0.2, 0) is 0 Å². The van der Waals surface area contributed by atoms with E-state index in [0.717, 1.165) is 47.2 Å². The number of nitrogens with zero attached hydrogens (tertiary/aromatic N) is 2. The molecule has 4 aromatic carbocycles. The molecular formula is C45H60N2O4. The van der Waals surface area contributed by atoms with E-state index < -0.39 is 5.97 Å².